The lowest BCUT2D eigenvalue weighted by atomic mass is 10.1. The highest BCUT2D eigenvalue weighted by Crippen LogP contribution is 2.29. The molecule has 6 nitrogen and oxygen atoms in total. The lowest BCUT2D eigenvalue weighted by Crippen LogP contribution is -2.30. The van der Waals surface area contributed by atoms with Crippen LogP contribution in [-0.2, 0) is 6.42 Å². The highest BCUT2D eigenvalue weighted by molar-refractivity contribution is 7.18. The number of nitrogens with one attached hydrogen (secondary N) is 2. The first-order chi connectivity index (χ1) is 12.2. The number of nitrogens with zero attached hydrogens (tertiary/aromatic N) is 3. The van der Waals surface area contributed by atoms with Crippen molar-refractivity contribution in [3.05, 3.63) is 46.3 Å². The molecular formula is C17H18N6S2. The molecule has 3 aromatic heterocycles. The molecule has 4 N–H and O–H groups in total. The second-order valence-electron chi connectivity index (χ2n) is 5.91. The molecule has 0 amide bonds. The summed E-state index contributed by atoms with van der Waals surface area (Å²) in [7, 11) is 0. The lowest BCUT2D eigenvalue weighted by Gasteiger charge is -2.10. The van der Waals surface area contributed by atoms with Crippen LogP contribution in [0.5, 0.6) is 0 Å². The normalized spacial score (nSPS) is 12.6. The zero-order valence-corrected chi connectivity index (χ0v) is 15.3. The van der Waals surface area contributed by atoms with Gasteiger partial charge in [0.25, 0.3) is 0 Å². The van der Waals surface area contributed by atoms with Crippen LogP contribution in [0.1, 0.15) is 10.6 Å². The fourth-order valence-corrected chi connectivity index (χ4v) is 4.21. The van der Waals surface area contributed by atoms with Gasteiger partial charge in [0.2, 0.25) is 5.13 Å². The van der Waals surface area contributed by atoms with E-state index in [4.69, 9.17) is 5.73 Å². The van der Waals surface area contributed by atoms with Crippen molar-refractivity contribution in [1.82, 2.24) is 20.4 Å². The first-order valence-corrected chi connectivity index (χ1v) is 9.69. The van der Waals surface area contributed by atoms with E-state index in [9.17, 15) is 0 Å². The summed E-state index contributed by atoms with van der Waals surface area (Å²) in [6, 6.07) is 10.4. The standard InChI is InChI=1S/C17H18N6S2/c1-10-14-7-11(4-5-15(14)21-20-10)16-22-23-17(25-16)19-9-12(18)8-13-3-2-6-24-13/h2-7,12H,8-9,18H2,1H3,(H,19,23)(H,20,21). The van der Waals surface area contributed by atoms with Crippen molar-refractivity contribution in [3.63, 3.8) is 0 Å². The molecule has 8 heteroatoms. The number of aromatic nitrogens is 4. The topological polar surface area (TPSA) is 92.5 Å². The van der Waals surface area contributed by atoms with Crippen LogP contribution in [-0.4, -0.2) is 33.0 Å². The van der Waals surface area contributed by atoms with E-state index in [1.165, 1.54) is 16.2 Å². The van der Waals surface area contributed by atoms with E-state index in [-0.39, 0.29) is 6.04 Å². The number of anilines is 1. The van der Waals surface area contributed by atoms with Crippen LogP contribution in [0.4, 0.5) is 5.13 Å². The number of fused-ring (bicyclic) bond motifs is 1. The van der Waals surface area contributed by atoms with Crippen LogP contribution in [0, 0.1) is 6.92 Å². The van der Waals surface area contributed by atoms with E-state index >= 15 is 0 Å². The molecule has 1 unspecified atom stereocenters. The molecule has 4 rings (SSSR count). The van der Waals surface area contributed by atoms with Crippen molar-refractivity contribution in [2.45, 2.75) is 19.4 Å². The summed E-state index contributed by atoms with van der Waals surface area (Å²) in [6.45, 7) is 2.66. The van der Waals surface area contributed by atoms with Gasteiger partial charge >= 0.3 is 0 Å². The minimum absolute atomic E-state index is 0.0518. The Balaban J connectivity index is 1.43. The van der Waals surface area contributed by atoms with Crippen LogP contribution >= 0.6 is 22.7 Å². The molecule has 0 aliphatic rings. The fourth-order valence-electron chi connectivity index (χ4n) is 2.67. The number of H-pyrrole nitrogens is 1. The van der Waals surface area contributed by atoms with Crippen molar-refractivity contribution in [2.75, 3.05) is 11.9 Å². The molecule has 128 valence electrons. The maximum absolute atomic E-state index is 6.19. The van der Waals surface area contributed by atoms with E-state index in [1.54, 1.807) is 11.3 Å². The Labute approximate surface area is 153 Å². The number of aryl methyl sites for hydroxylation is 1. The molecule has 4 aromatic rings. The summed E-state index contributed by atoms with van der Waals surface area (Å²) in [5.41, 5.74) is 9.25. The molecule has 0 aliphatic carbocycles. The van der Waals surface area contributed by atoms with Crippen molar-refractivity contribution in [1.29, 1.82) is 0 Å². The van der Waals surface area contributed by atoms with Gasteiger partial charge in [0, 0.05) is 28.4 Å². The SMILES string of the molecule is Cc1n[nH]c2ccc(-c3nnc(NCC(N)Cc4cccs4)s3)cc12. The van der Waals surface area contributed by atoms with Gasteiger partial charge in [-0.1, -0.05) is 17.4 Å². The summed E-state index contributed by atoms with van der Waals surface area (Å²) in [6.07, 6.45) is 0.868. The van der Waals surface area contributed by atoms with Gasteiger partial charge in [-0.3, -0.25) is 5.10 Å². The Kier molecular flexibility index (Phi) is 4.48. The number of hydrogen-bond acceptors (Lipinski definition) is 7. The van der Waals surface area contributed by atoms with Gasteiger partial charge in [-0.2, -0.15) is 5.10 Å². The van der Waals surface area contributed by atoms with E-state index in [0.29, 0.717) is 6.54 Å². The third-order valence-corrected chi connectivity index (χ3v) is 5.81. The predicted molar refractivity (Wildman–Crippen MR) is 104 cm³/mol. The van der Waals surface area contributed by atoms with Gasteiger partial charge in [0.1, 0.15) is 5.01 Å². The minimum atomic E-state index is 0.0518. The Morgan fingerprint density at radius 3 is 3.04 bits per heavy atom. The third kappa shape index (κ3) is 3.55. The average molecular weight is 371 g/mol. The molecule has 25 heavy (non-hydrogen) atoms. The Bertz CT molecular complexity index is 972. The van der Waals surface area contributed by atoms with E-state index < -0.39 is 0 Å². The molecule has 3 heterocycles. The Hall–Kier alpha value is -2.29. The molecule has 0 saturated carbocycles. The van der Waals surface area contributed by atoms with Gasteiger partial charge < -0.3 is 11.1 Å². The first kappa shape index (κ1) is 16.2. The second-order valence-corrected chi connectivity index (χ2v) is 7.92. The van der Waals surface area contributed by atoms with Crippen molar-refractivity contribution >= 4 is 38.7 Å². The number of rotatable bonds is 6. The molecule has 0 spiro atoms. The van der Waals surface area contributed by atoms with E-state index in [1.807, 2.05) is 19.1 Å². The summed E-state index contributed by atoms with van der Waals surface area (Å²) < 4.78 is 0. The molecule has 0 bridgehead atoms. The van der Waals surface area contributed by atoms with Crippen molar-refractivity contribution in [2.24, 2.45) is 5.73 Å². The van der Waals surface area contributed by atoms with E-state index in [0.717, 1.165) is 38.7 Å². The largest absolute Gasteiger partial charge is 0.359 e. The fraction of sp³-hybridized carbons (Fsp3) is 0.235. The highest BCUT2D eigenvalue weighted by atomic mass is 32.1. The number of thiophene rings is 1. The molecule has 1 aromatic carbocycles. The van der Waals surface area contributed by atoms with Crippen molar-refractivity contribution in [3.8, 4) is 10.6 Å². The van der Waals surface area contributed by atoms with Gasteiger partial charge in [0.05, 0.1) is 11.2 Å². The number of aromatic amines is 1. The summed E-state index contributed by atoms with van der Waals surface area (Å²) >= 11 is 3.27. The predicted octanol–water partition coefficient (Wildman–Crippen LogP) is 3.43. The summed E-state index contributed by atoms with van der Waals surface area (Å²) in [4.78, 5) is 1.30. The maximum Gasteiger partial charge on any atom is 0.206 e. The lowest BCUT2D eigenvalue weighted by molar-refractivity contribution is 0.705. The molecule has 1 atom stereocenters. The smallest absolute Gasteiger partial charge is 0.206 e. The van der Waals surface area contributed by atoms with Crippen LogP contribution in [0.3, 0.4) is 0 Å². The van der Waals surface area contributed by atoms with Crippen molar-refractivity contribution < 1.29 is 0 Å². The summed E-state index contributed by atoms with van der Waals surface area (Å²) in [5, 5.41) is 23.9. The molecule has 0 fully saturated rings. The molecular weight excluding hydrogens is 352 g/mol. The van der Waals surface area contributed by atoms with Gasteiger partial charge in [-0.25, -0.2) is 0 Å². The minimum Gasteiger partial charge on any atom is -0.359 e. The number of benzene rings is 1. The highest BCUT2D eigenvalue weighted by Gasteiger charge is 2.11. The molecule has 0 aliphatic heterocycles. The monoisotopic (exact) mass is 370 g/mol. The van der Waals surface area contributed by atoms with Crippen LogP contribution in [0.25, 0.3) is 21.5 Å². The third-order valence-electron chi connectivity index (χ3n) is 3.98. The van der Waals surface area contributed by atoms with Crippen LogP contribution < -0.4 is 11.1 Å². The molecule has 0 saturated heterocycles. The van der Waals surface area contributed by atoms with Gasteiger partial charge in [0.15, 0.2) is 0 Å². The quantitative estimate of drug-likeness (QED) is 0.483. The Morgan fingerprint density at radius 1 is 1.28 bits per heavy atom. The molecule has 0 radical (unpaired) electrons. The maximum atomic E-state index is 6.19. The number of hydrogen-bond donors (Lipinski definition) is 3. The number of nitrogens with two attached hydrogens (primary N) is 1. The summed E-state index contributed by atoms with van der Waals surface area (Å²) in [5.74, 6) is 0. The van der Waals surface area contributed by atoms with Crippen LogP contribution in [0.2, 0.25) is 0 Å². The van der Waals surface area contributed by atoms with E-state index in [2.05, 4.69) is 49.3 Å². The van der Waals surface area contributed by atoms with Gasteiger partial charge in [-0.05, 0) is 43.0 Å². The van der Waals surface area contributed by atoms with Gasteiger partial charge in [-0.15, -0.1) is 21.5 Å². The Morgan fingerprint density at radius 2 is 2.20 bits per heavy atom. The average Bonchev–Trinajstić information content (AvgIpc) is 3.35. The first-order valence-electron chi connectivity index (χ1n) is 7.99. The second kappa shape index (κ2) is 6.91. The van der Waals surface area contributed by atoms with Crippen LogP contribution in [0.15, 0.2) is 35.7 Å². The zero-order chi connectivity index (χ0) is 17.2. The zero-order valence-electron chi connectivity index (χ0n) is 13.7.